The minimum Gasteiger partial charge on any atom is -0.322 e. The molecule has 216 valence electrons. The van der Waals surface area contributed by atoms with Gasteiger partial charge in [-0.15, -0.1) is 0 Å². The Labute approximate surface area is 243 Å². The van der Waals surface area contributed by atoms with E-state index in [2.05, 4.69) is 25.7 Å². The molecule has 6 rings (SSSR count). The molecule has 0 bridgehead atoms. The van der Waals surface area contributed by atoms with E-state index in [1.54, 1.807) is 48.3 Å². The number of hydrogen-bond donors (Lipinski definition) is 2. The van der Waals surface area contributed by atoms with Crippen LogP contribution in [0.25, 0.3) is 5.69 Å². The van der Waals surface area contributed by atoms with Crippen LogP contribution in [0.2, 0.25) is 0 Å². The lowest BCUT2D eigenvalue weighted by Crippen LogP contribution is -2.18. The summed E-state index contributed by atoms with van der Waals surface area (Å²) in [5.74, 6) is -0.462. The van der Waals surface area contributed by atoms with Crippen LogP contribution < -0.4 is 10.6 Å². The van der Waals surface area contributed by atoms with Crippen molar-refractivity contribution in [3.63, 3.8) is 0 Å². The highest BCUT2D eigenvalue weighted by Crippen LogP contribution is 2.32. The monoisotopic (exact) mass is 583 g/mol. The second-order valence-electron chi connectivity index (χ2n) is 10.0. The van der Waals surface area contributed by atoms with Gasteiger partial charge in [0.2, 0.25) is 5.91 Å². The molecule has 0 unspecified atom stereocenters. The SMILES string of the molecule is Cc1cn(-c2cc(C(=O)Nc3ccc(C4=Nc5cnn(Cc6ccccc6)c5NC(=O)C4)cc3)cc(C(F)(F)F)c2)cn1. The number of aryl methyl sites for hydroxylation is 1. The maximum Gasteiger partial charge on any atom is 0.416 e. The van der Waals surface area contributed by atoms with Crippen molar-refractivity contribution < 1.29 is 22.8 Å². The number of amides is 2. The van der Waals surface area contributed by atoms with Crippen LogP contribution in [-0.2, 0) is 17.5 Å². The number of imidazole rings is 1. The highest BCUT2D eigenvalue weighted by Gasteiger charge is 2.32. The second kappa shape index (κ2) is 11.0. The largest absolute Gasteiger partial charge is 0.416 e. The van der Waals surface area contributed by atoms with Crippen LogP contribution >= 0.6 is 0 Å². The molecule has 0 saturated heterocycles. The van der Waals surface area contributed by atoms with Crippen LogP contribution in [0.1, 0.15) is 39.2 Å². The van der Waals surface area contributed by atoms with Gasteiger partial charge < -0.3 is 15.2 Å². The Balaban J connectivity index is 1.22. The number of alkyl halides is 3. The number of carbonyl (C=O) groups excluding carboxylic acids is 2. The van der Waals surface area contributed by atoms with Crippen LogP contribution in [0.4, 0.5) is 30.4 Å². The van der Waals surface area contributed by atoms with E-state index in [4.69, 9.17) is 0 Å². The number of anilines is 2. The molecule has 0 aliphatic carbocycles. The molecule has 43 heavy (non-hydrogen) atoms. The molecule has 0 radical (unpaired) electrons. The average molecular weight is 584 g/mol. The summed E-state index contributed by atoms with van der Waals surface area (Å²) in [4.78, 5) is 34.5. The molecule has 5 aromatic rings. The predicted octanol–water partition coefficient (Wildman–Crippen LogP) is 6.16. The van der Waals surface area contributed by atoms with Gasteiger partial charge in [0.1, 0.15) is 5.69 Å². The van der Waals surface area contributed by atoms with E-state index in [1.807, 2.05) is 30.3 Å². The fraction of sp³-hybridized carbons (Fsp3) is 0.129. The van der Waals surface area contributed by atoms with Crippen LogP contribution in [-0.4, -0.2) is 36.9 Å². The molecule has 0 spiro atoms. The maximum absolute atomic E-state index is 13.6. The van der Waals surface area contributed by atoms with Crippen LogP contribution in [0, 0.1) is 6.92 Å². The molecule has 2 N–H and O–H groups in total. The van der Waals surface area contributed by atoms with E-state index in [0.29, 0.717) is 40.7 Å². The van der Waals surface area contributed by atoms with Crippen molar-refractivity contribution in [1.82, 2.24) is 19.3 Å². The third-order valence-electron chi connectivity index (χ3n) is 6.83. The first-order valence-electron chi connectivity index (χ1n) is 13.2. The zero-order valence-electron chi connectivity index (χ0n) is 22.8. The molecular weight excluding hydrogens is 559 g/mol. The van der Waals surface area contributed by atoms with Gasteiger partial charge >= 0.3 is 6.18 Å². The quantitative estimate of drug-likeness (QED) is 0.250. The Morgan fingerprint density at radius 1 is 1.05 bits per heavy atom. The Morgan fingerprint density at radius 2 is 1.81 bits per heavy atom. The van der Waals surface area contributed by atoms with E-state index >= 15 is 0 Å². The number of halogens is 3. The van der Waals surface area contributed by atoms with Crippen molar-refractivity contribution in [3.8, 4) is 5.69 Å². The van der Waals surface area contributed by atoms with Gasteiger partial charge in [0.25, 0.3) is 5.91 Å². The van der Waals surface area contributed by atoms with Gasteiger partial charge in [-0.25, -0.2) is 14.7 Å². The summed E-state index contributed by atoms with van der Waals surface area (Å²) in [6.45, 7) is 2.18. The summed E-state index contributed by atoms with van der Waals surface area (Å²) in [6, 6.07) is 19.4. The molecule has 12 heteroatoms. The van der Waals surface area contributed by atoms with E-state index < -0.39 is 17.6 Å². The van der Waals surface area contributed by atoms with Gasteiger partial charge in [-0.1, -0.05) is 42.5 Å². The molecule has 0 fully saturated rings. The average Bonchev–Trinajstić information content (AvgIpc) is 3.54. The summed E-state index contributed by atoms with van der Waals surface area (Å²) < 4.78 is 44.0. The zero-order chi connectivity index (χ0) is 30.1. The van der Waals surface area contributed by atoms with E-state index in [0.717, 1.165) is 17.7 Å². The summed E-state index contributed by atoms with van der Waals surface area (Å²) in [6.07, 6.45) is -0.0755. The topological polar surface area (TPSA) is 106 Å². The second-order valence-corrected chi connectivity index (χ2v) is 10.0. The molecule has 0 atom stereocenters. The first-order chi connectivity index (χ1) is 20.6. The van der Waals surface area contributed by atoms with E-state index in [9.17, 15) is 22.8 Å². The number of fused-ring (bicyclic) bond motifs is 1. The fourth-order valence-electron chi connectivity index (χ4n) is 4.71. The first kappa shape index (κ1) is 27.6. The van der Waals surface area contributed by atoms with E-state index in [-0.39, 0.29) is 23.6 Å². The van der Waals surface area contributed by atoms with Gasteiger partial charge in [-0.2, -0.15) is 18.3 Å². The lowest BCUT2D eigenvalue weighted by Gasteiger charge is -2.13. The van der Waals surface area contributed by atoms with Crippen LogP contribution in [0.3, 0.4) is 0 Å². The number of carbonyl (C=O) groups is 2. The summed E-state index contributed by atoms with van der Waals surface area (Å²) >= 11 is 0. The van der Waals surface area contributed by atoms with E-state index in [1.165, 1.54) is 17.0 Å². The van der Waals surface area contributed by atoms with Crippen molar-refractivity contribution in [3.05, 3.63) is 119 Å². The normalized spacial score (nSPS) is 13.1. The lowest BCUT2D eigenvalue weighted by molar-refractivity contribution is -0.137. The third-order valence-corrected chi connectivity index (χ3v) is 6.83. The molecule has 1 aliphatic rings. The molecular formula is C31H24F3N7O2. The number of rotatable bonds is 6. The maximum atomic E-state index is 13.6. The Morgan fingerprint density at radius 3 is 2.51 bits per heavy atom. The van der Waals surface area contributed by atoms with Crippen LogP contribution in [0.5, 0.6) is 0 Å². The van der Waals surface area contributed by atoms with Crippen molar-refractivity contribution in [1.29, 1.82) is 0 Å². The number of nitrogens with zero attached hydrogens (tertiary/aromatic N) is 5. The minimum atomic E-state index is -4.65. The molecule has 3 heterocycles. The van der Waals surface area contributed by atoms with Crippen molar-refractivity contribution >= 4 is 34.7 Å². The summed E-state index contributed by atoms with van der Waals surface area (Å²) in [7, 11) is 0. The fourth-order valence-corrected chi connectivity index (χ4v) is 4.71. The van der Waals surface area contributed by atoms with Crippen LogP contribution in [0.15, 0.2) is 96.5 Å². The van der Waals surface area contributed by atoms with Crippen molar-refractivity contribution in [2.75, 3.05) is 10.6 Å². The van der Waals surface area contributed by atoms with Gasteiger partial charge in [0, 0.05) is 23.1 Å². The number of aliphatic imine (C=N–C) groups is 1. The van der Waals surface area contributed by atoms with Gasteiger partial charge in [0.05, 0.1) is 42.5 Å². The number of aromatic nitrogens is 4. The lowest BCUT2D eigenvalue weighted by atomic mass is 10.1. The standard InChI is InChI=1S/C31H24F3N7O2/c1-19-16-40(18-35-19)25-12-22(11-23(13-25)31(32,33)34)30(43)37-24-9-7-21(8-10-24)26-14-28(42)39-29-27(38-26)15-36-41(29)17-20-5-3-2-4-6-20/h2-13,15-16,18H,14,17H2,1H3,(H,37,43)(H,39,42). The third kappa shape index (κ3) is 6.08. The van der Waals surface area contributed by atoms with Gasteiger partial charge in [-0.05, 0) is 48.4 Å². The van der Waals surface area contributed by atoms with Gasteiger partial charge in [0.15, 0.2) is 5.82 Å². The summed E-state index contributed by atoms with van der Waals surface area (Å²) in [5, 5.41) is 9.93. The Hall–Kier alpha value is -5.52. The molecule has 2 amide bonds. The molecule has 3 aromatic carbocycles. The predicted molar refractivity (Wildman–Crippen MR) is 155 cm³/mol. The minimum absolute atomic E-state index is 0.0203. The highest BCUT2D eigenvalue weighted by molar-refractivity contribution is 6.16. The highest BCUT2D eigenvalue weighted by atomic mass is 19.4. The Kier molecular flexibility index (Phi) is 7.10. The number of benzene rings is 3. The first-order valence-corrected chi connectivity index (χ1v) is 13.2. The van der Waals surface area contributed by atoms with Crippen molar-refractivity contribution in [2.45, 2.75) is 26.1 Å². The molecule has 2 aromatic heterocycles. The molecule has 1 aliphatic heterocycles. The molecule has 0 saturated carbocycles. The summed E-state index contributed by atoms with van der Waals surface area (Å²) in [5.41, 5.74) is 2.72. The molecule has 9 nitrogen and oxygen atoms in total. The number of hydrogen-bond acceptors (Lipinski definition) is 5. The van der Waals surface area contributed by atoms with Crippen molar-refractivity contribution in [2.24, 2.45) is 4.99 Å². The number of nitrogens with one attached hydrogen (secondary N) is 2. The zero-order valence-corrected chi connectivity index (χ0v) is 22.8. The van der Waals surface area contributed by atoms with Gasteiger partial charge in [-0.3, -0.25) is 9.59 Å². The smallest absolute Gasteiger partial charge is 0.322 e. The Bertz CT molecular complexity index is 1860.